The van der Waals surface area contributed by atoms with Gasteiger partial charge in [-0.15, -0.1) is 0 Å². The number of amides is 1. The lowest BCUT2D eigenvalue weighted by Gasteiger charge is -2.04. The van der Waals surface area contributed by atoms with E-state index in [0.717, 1.165) is 5.56 Å². The van der Waals surface area contributed by atoms with E-state index in [2.05, 4.69) is 21.2 Å². The van der Waals surface area contributed by atoms with Gasteiger partial charge in [0.05, 0.1) is 0 Å². The minimum Gasteiger partial charge on any atom is -0.450 e. The smallest absolute Gasteiger partial charge is 0.244 e. The highest BCUT2D eigenvalue weighted by molar-refractivity contribution is 9.10. The summed E-state index contributed by atoms with van der Waals surface area (Å²) in [7, 11) is 0. The third-order valence-corrected chi connectivity index (χ3v) is 3.20. The first-order valence-electron chi connectivity index (χ1n) is 5.60. The van der Waals surface area contributed by atoms with E-state index in [0.29, 0.717) is 22.0 Å². The van der Waals surface area contributed by atoms with Crippen molar-refractivity contribution in [2.24, 2.45) is 0 Å². The Morgan fingerprint density at radius 3 is 2.79 bits per heavy atom. The molecule has 0 aliphatic heterocycles. The van der Waals surface area contributed by atoms with Crippen LogP contribution in [-0.2, 0) is 11.3 Å². The Kier molecular flexibility index (Phi) is 4.82. The summed E-state index contributed by atoms with van der Waals surface area (Å²) >= 11 is 9.19. The van der Waals surface area contributed by atoms with Crippen molar-refractivity contribution >= 4 is 39.5 Å². The molecule has 5 heteroatoms. The van der Waals surface area contributed by atoms with Gasteiger partial charge in [0.1, 0.15) is 5.76 Å². The fraction of sp³-hybridized carbons (Fsp3) is 0.0714. The van der Waals surface area contributed by atoms with Gasteiger partial charge >= 0.3 is 0 Å². The monoisotopic (exact) mass is 339 g/mol. The molecule has 0 bridgehead atoms. The lowest BCUT2D eigenvalue weighted by Crippen LogP contribution is -2.20. The minimum atomic E-state index is -0.201. The summed E-state index contributed by atoms with van der Waals surface area (Å²) in [6, 6.07) is 10.9. The number of rotatable bonds is 4. The number of halogens is 2. The third-order valence-electron chi connectivity index (χ3n) is 2.40. The van der Waals surface area contributed by atoms with Crippen molar-refractivity contribution in [2.45, 2.75) is 6.54 Å². The first-order chi connectivity index (χ1) is 9.15. The van der Waals surface area contributed by atoms with E-state index < -0.39 is 0 Å². The summed E-state index contributed by atoms with van der Waals surface area (Å²) in [5.74, 6) is 0.409. The van der Waals surface area contributed by atoms with Crippen molar-refractivity contribution in [3.63, 3.8) is 0 Å². The SMILES string of the molecule is O=C(/C=C/c1ccc(Br)o1)NCc1ccccc1Cl. The van der Waals surface area contributed by atoms with Crippen LogP contribution < -0.4 is 5.32 Å². The predicted octanol–water partition coefficient (Wildman–Crippen LogP) is 4.03. The minimum absolute atomic E-state index is 0.201. The van der Waals surface area contributed by atoms with Crippen LogP contribution in [0.2, 0.25) is 5.02 Å². The van der Waals surface area contributed by atoms with Crippen molar-refractivity contribution in [1.82, 2.24) is 5.32 Å². The quantitative estimate of drug-likeness (QED) is 0.854. The van der Waals surface area contributed by atoms with Crippen molar-refractivity contribution in [3.05, 3.63) is 63.5 Å². The molecule has 0 saturated carbocycles. The van der Waals surface area contributed by atoms with E-state index in [1.165, 1.54) is 6.08 Å². The molecule has 1 aromatic carbocycles. The summed E-state index contributed by atoms with van der Waals surface area (Å²) < 4.78 is 5.87. The maximum Gasteiger partial charge on any atom is 0.244 e. The van der Waals surface area contributed by atoms with E-state index in [9.17, 15) is 4.79 Å². The van der Waals surface area contributed by atoms with Gasteiger partial charge < -0.3 is 9.73 Å². The van der Waals surface area contributed by atoms with Crippen molar-refractivity contribution in [2.75, 3.05) is 0 Å². The van der Waals surface area contributed by atoms with E-state index >= 15 is 0 Å². The Morgan fingerprint density at radius 1 is 1.32 bits per heavy atom. The molecule has 3 nitrogen and oxygen atoms in total. The van der Waals surface area contributed by atoms with Crippen molar-refractivity contribution in [1.29, 1.82) is 0 Å². The molecule has 19 heavy (non-hydrogen) atoms. The molecule has 1 aromatic heterocycles. The molecule has 0 atom stereocenters. The summed E-state index contributed by atoms with van der Waals surface area (Å²) in [6.45, 7) is 0.394. The van der Waals surface area contributed by atoms with E-state index in [1.807, 2.05) is 18.2 Å². The van der Waals surface area contributed by atoms with Crippen molar-refractivity contribution in [3.8, 4) is 0 Å². The van der Waals surface area contributed by atoms with Crippen LogP contribution in [0.3, 0.4) is 0 Å². The highest BCUT2D eigenvalue weighted by Gasteiger charge is 2.01. The van der Waals surface area contributed by atoms with Crippen LogP contribution in [0, 0.1) is 0 Å². The summed E-state index contributed by atoms with van der Waals surface area (Å²) in [6.07, 6.45) is 3.02. The van der Waals surface area contributed by atoms with Crippen LogP contribution >= 0.6 is 27.5 Å². The highest BCUT2D eigenvalue weighted by atomic mass is 79.9. The molecule has 2 rings (SSSR count). The third kappa shape index (κ3) is 4.26. The summed E-state index contributed by atoms with van der Waals surface area (Å²) in [5, 5.41) is 3.39. The van der Waals surface area contributed by atoms with Gasteiger partial charge in [0.25, 0.3) is 0 Å². The second-order valence-electron chi connectivity index (χ2n) is 3.78. The maximum absolute atomic E-state index is 11.6. The molecule has 0 spiro atoms. The number of nitrogens with one attached hydrogen (secondary N) is 1. The Morgan fingerprint density at radius 2 is 2.11 bits per heavy atom. The average Bonchev–Trinajstić information content (AvgIpc) is 2.81. The fourth-order valence-corrected chi connectivity index (χ4v) is 1.98. The zero-order valence-corrected chi connectivity index (χ0v) is 12.2. The van der Waals surface area contributed by atoms with Gasteiger partial charge in [0, 0.05) is 17.6 Å². The van der Waals surface area contributed by atoms with Gasteiger partial charge in [-0.2, -0.15) is 0 Å². The topological polar surface area (TPSA) is 42.2 Å². The van der Waals surface area contributed by atoms with Crippen LogP contribution in [0.15, 0.2) is 51.6 Å². The molecule has 1 heterocycles. The lowest BCUT2D eigenvalue weighted by atomic mass is 10.2. The second kappa shape index (κ2) is 6.59. The molecule has 98 valence electrons. The first kappa shape index (κ1) is 13.9. The van der Waals surface area contributed by atoms with Crippen LogP contribution in [0.4, 0.5) is 0 Å². The van der Waals surface area contributed by atoms with E-state index in [4.69, 9.17) is 16.0 Å². The first-order valence-corrected chi connectivity index (χ1v) is 6.77. The zero-order valence-electron chi connectivity index (χ0n) is 9.90. The molecule has 0 fully saturated rings. The van der Waals surface area contributed by atoms with E-state index in [-0.39, 0.29) is 5.91 Å². The Hall–Kier alpha value is -1.52. The Labute approximate surface area is 124 Å². The van der Waals surface area contributed by atoms with Gasteiger partial charge in [0.2, 0.25) is 5.91 Å². The number of hydrogen-bond donors (Lipinski definition) is 1. The number of furan rings is 1. The largest absolute Gasteiger partial charge is 0.450 e. The van der Waals surface area contributed by atoms with Crippen molar-refractivity contribution < 1.29 is 9.21 Å². The van der Waals surface area contributed by atoms with Crippen LogP contribution in [0.1, 0.15) is 11.3 Å². The number of benzene rings is 1. The normalized spacial score (nSPS) is 10.8. The molecular weight excluding hydrogens is 330 g/mol. The average molecular weight is 341 g/mol. The number of carbonyl (C=O) groups excluding carboxylic acids is 1. The van der Waals surface area contributed by atoms with Gasteiger partial charge in [-0.3, -0.25) is 4.79 Å². The molecule has 0 unspecified atom stereocenters. The fourth-order valence-electron chi connectivity index (χ4n) is 1.46. The van der Waals surface area contributed by atoms with Crippen LogP contribution in [0.25, 0.3) is 6.08 Å². The molecule has 0 aliphatic carbocycles. The van der Waals surface area contributed by atoms with Gasteiger partial charge in [-0.25, -0.2) is 0 Å². The predicted molar refractivity (Wildman–Crippen MR) is 78.7 cm³/mol. The Bertz CT molecular complexity index is 607. The summed E-state index contributed by atoms with van der Waals surface area (Å²) in [5.41, 5.74) is 0.881. The molecular formula is C14H11BrClNO2. The highest BCUT2D eigenvalue weighted by Crippen LogP contribution is 2.15. The zero-order chi connectivity index (χ0) is 13.7. The number of carbonyl (C=O) groups is 1. The lowest BCUT2D eigenvalue weighted by molar-refractivity contribution is -0.116. The maximum atomic E-state index is 11.6. The van der Waals surface area contributed by atoms with Gasteiger partial charge in [0.15, 0.2) is 4.67 Å². The number of hydrogen-bond acceptors (Lipinski definition) is 2. The van der Waals surface area contributed by atoms with Crippen LogP contribution in [0.5, 0.6) is 0 Å². The van der Waals surface area contributed by atoms with Gasteiger partial charge in [-0.1, -0.05) is 29.8 Å². The molecule has 0 radical (unpaired) electrons. The Balaban J connectivity index is 1.88. The molecule has 0 saturated heterocycles. The van der Waals surface area contributed by atoms with Gasteiger partial charge in [-0.05, 0) is 45.8 Å². The molecule has 0 aliphatic rings. The second-order valence-corrected chi connectivity index (χ2v) is 4.97. The molecule has 2 aromatic rings. The molecule has 1 amide bonds. The standard InChI is InChI=1S/C14H11BrClNO2/c15-13-7-5-11(19-13)6-8-14(18)17-9-10-3-1-2-4-12(10)16/h1-8H,9H2,(H,17,18)/b8-6+. The summed E-state index contributed by atoms with van der Waals surface area (Å²) in [4.78, 5) is 11.6. The van der Waals surface area contributed by atoms with E-state index in [1.54, 1.807) is 24.3 Å². The molecule has 1 N–H and O–H groups in total. The van der Waals surface area contributed by atoms with Crippen LogP contribution in [-0.4, -0.2) is 5.91 Å².